The standard InChI is InChI=1S/C19H21BrN2O2S/c1-12(2)21-19(24)15-6-4-5-7-16(15)22-18(23)11-25-17-9-8-14(20)10-13(17)3/h4-10,12H,11H2,1-3H3,(H,21,24)(H,22,23). The number of anilines is 1. The minimum atomic E-state index is -0.192. The second-order valence-electron chi connectivity index (χ2n) is 5.92. The Morgan fingerprint density at radius 2 is 1.88 bits per heavy atom. The zero-order chi connectivity index (χ0) is 18.4. The molecule has 0 saturated carbocycles. The smallest absolute Gasteiger partial charge is 0.253 e. The first-order chi connectivity index (χ1) is 11.9. The first-order valence-electron chi connectivity index (χ1n) is 7.95. The molecule has 0 fully saturated rings. The molecular formula is C19H21BrN2O2S. The van der Waals surface area contributed by atoms with Gasteiger partial charge in [-0.2, -0.15) is 0 Å². The van der Waals surface area contributed by atoms with E-state index >= 15 is 0 Å². The summed E-state index contributed by atoms with van der Waals surface area (Å²) in [4.78, 5) is 25.6. The fourth-order valence-electron chi connectivity index (χ4n) is 2.23. The summed E-state index contributed by atoms with van der Waals surface area (Å²) in [5.74, 6) is -0.0535. The van der Waals surface area contributed by atoms with Crippen LogP contribution in [0.25, 0.3) is 0 Å². The quantitative estimate of drug-likeness (QED) is 0.669. The molecule has 0 bridgehead atoms. The summed E-state index contributed by atoms with van der Waals surface area (Å²) in [5, 5.41) is 5.68. The van der Waals surface area contributed by atoms with Crippen LogP contribution in [0, 0.1) is 6.92 Å². The zero-order valence-corrected chi connectivity index (χ0v) is 16.8. The monoisotopic (exact) mass is 420 g/mol. The molecule has 2 N–H and O–H groups in total. The Morgan fingerprint density at radius 3 is 2.56 bits per heavy atom. The summed E-state index contributed by atoms with van der Waals surface area (Å²) >= 11 is 4.91. The molecule has 2 aromatic rings. The molecule has 0 atom stereocenters. The number of aryl methyl sites for hydroxylation is 1. The Hall–Kier alpha value is -1.79. The maximum atomic E-state index is 12.3. The Morgan fingerprint density at radius 1 is 1.16 bits per heavy atom. The number of para-hydroxylation sites is 1. The number of carbonyl (C=O) groups is 2. The number of thioether (sulfide) groups is 1. The topological polar surface area (TPSA) is 58.2 Å². The molecule has 0 spiro atoms. The Kier molecular flexibility index (Phi) is 7.08. The third-order valence-electron chi connectivity index (χ3n) is 3.36. The van der Waals surface area contributed by atoms with E-state index in [1.807, 2.05) is 39.0 Å². The van der Waals surface area contributed by atoms with Crippen molar-refractivity contribution in [1.82, 2.24) is 5.32 Å². The molecule has 0 aliphatic carbocycles. The van der Waals surface area contributed by atoms with Gasteiger partial charge < -0.3 is 10.6 Å². The largest absolute Gasteiger partial charge is 0.350 e. The van der Waals surface area contributed by atoms with Gasteiger partial charge in [-0.25, -0.2) is 0 Å². The van der Waals surface area contributed by atoms with Gasteiger partial charge in [0.25, 0.3) is 5.91 Å². The molecule has 0 radical (unpaired) electrons. The van der Waals surface area contributed by atoms with Crippen molar-refractivity contribution in [2.75, 3.05) is 11.1 Å². The van der Waals surface area contributed by atoms with Crippen molar-refractivity contribution in [3.8, 4) is 0 Å². The second kappa shape index (κ2) is 9.06. The van der Waals surface area contributed by atoms with E-state index in [-0.39, 0.29) is 23.6 Å². The molecular weight excluding hydrogens is 400 g/mol. The lowest BCUT2D eigenvalue weighted by Gasteiger charge is -2.13. The van der Waals surface area contributed by atoms with E-state index in [1.54, 1.807) is 24.3 Å². The molecule has 132 valence electrons. The molecule has 0 heterocycles. The van der Waals surface area contributed by atoms with E-state index in [9.17, 15) is 9.59 Å². The van der Waals surface area contributed by atoms with Crippen molar-refractivity contribution in [2.45, 2.75) is 31.7 Å². The first-order valence-corrected chi connectivity index (χ1v) is 9.73. The number of hydrogen-bond donors (Lipinski definition) is 2. The SMILES string of the molecule is Cc1cc(Br)ccc1SCC(=O)Nc1ccccc1C(=O)NC(C)C. The Labute approximate surface area is 160 Å². The van der Waals surface area contributed by atoms with E-state index in [0.717, 1.165) is 14.9 Å². The Bertz CT molecular complexity index is 778. The fourth-order valence-corrected chi connectivity index (χ4v) is 3.52. The van der Waals surface area contributed by atoms with Gasteiger partial charge in [0.05, 0.1) is 17.0 Å². The lowest BCUT2D eigenvalue weighted by molar-refractivity contribution is -0.113. The molecule has 0 saturated heterocycles. The highest BCUT2D eigenvalue weighted by Gasteiger charge is 2.14. The van der Waals surface area contributed by atoms with E-state index in [1.165, 1.54) is 11.8 Å². The number of hydrogen-bond acceptors (Lipinski definition) is 3. The average Bonchev–Trinajstić information content (AvgIpc) is 2.54. The predicted molar refractivity (Wildman–Crippen MR) is 107 cm³/mol. The summed E-state index contributed by atoms with van der Waals surface area (Å²) in [5.41, 5.74) is 2.11. The molecule has 6 heteroatoms. The third kappa shape index (κ3) is 5.90. The first kappa shape index (κ1) is 19.5. The number of nitrogens with one attached hydrogen (secondary N) is 2. The predicted octanol–water partition coefficient (Wildman–Crippen LogP) is 4.63. The van der Waals surface area contributed by atoms with Crippen molar-refractivity contribution in [3.63, 3.8) is 0 Å². The molecule has 2 aromatic carbocycles. The molecule has 4 nitrogen and oxygen atoms in total. The van der Waals surface area contributed by atoms with Crippen molar-refractivity contribution in [2.24, 2.45) is 0 Å². The zero-order valence-electron chi connectivity index (χ0n) is 14.4. The van der Waals surface area contributed by atoms with Crippen LogP contribution in [0.2, 0.25) is 0 Å². The van der Waals surface area contributed by atoms with Crippen molar-refractivity contribution in [1.29, 1.82) is 0 Å². The minimum Gasteiger partial charge on any atom is -0.350 e. The van der Waals surface area contributed by atoms with Crippen LogP contribution < -0.4 is 10.6 Å². The van der Waals surface area contributed by atoms with E-state index in [4.69, 9.17) is 0 Å². The van der Waals surface area contributed by atoms with Crippen LogP contribution in [-0.2, 0) is 4.79 Å². The molecule has 0 aromatic heterocycles. The summed E-state index contributed by atoms with van der Waals surface area (Å²) < 4.78 is 1.02. The lowest BCUT2D eigenvalue weighted by Crippen LogP contribution is -2.31. The van der Waals surface area contributed by atoms with E-state index in [2.05, 4.69) is 26.6 Å². The summed E-state index contributed by atoms with van der Waals surface area (Å²) in [6.07, 6.45) is 0. The number of benzene rings is 2. The molecule has 2 rings (SSSR count). The van der Waals surface area contributed by atoms with Crippen LogP contribution in [-0.4, -0.2) is 23.6 Å². The molecule has 25 heavy (non-hydrogen) atoms. The van der Waals surface area contributed by atoms with Gasteiger partial charge in [-0.15, -0.1) is 11.8 Å². The van der Waals surface area contributed by atoms with Gasteiger partial charge in [0.15, 0.2) is 0 Å². The van der Waals surface area contributed by atoms with E-state index < -0.39 is 0 Å². The minimum absolute atomic E-state index is 0.0344. The van der Waals surface area contributed by atoms with Crippen LogP contribution >= 0.6 is 27.7 Å². The summed E-state index contributed by atoms with van der Waals surface area (Å²) in [6, 6.07) is 13.0. The van der Waals surface area contributed by atoms with Crippen LogP contribution in [0.4, 0.5) is 5.69 Å². The summed E-state index contributed by atoms with van der Waals surface area (Å²) in [6.45, 7) is 5.81. The van der Waals surface area contributed by atoms with Crippen LogP contribution in [0.5, 0.6) is 0 Å². The highest BCUT2D eigenvalue weighted by molar-refractivity contribution is 9.10. The Balaban J connectivity index is 2.02. The molecule has 0 aliphatic heterocycles. The van der Waals surface area contributed by atoms with Crippen LogP contribution in [0.3, 0.4) is 0 Å². The third-order valence-corrected chi connectivity index (χ3v) is 5.03. The molecule has 2 amide bonds. The average molecular weight is 421 g/mol. The number of halogens is 1. The highest BCUT2D eigenvalue weighted by atomic mass is 79.9. The van der Waals surface area contributed by atoms with Crippen molar-refractivity contribution in [3.05, 3.63) is 58.1 Å². The van der Waals surface area contributed by atoms with Gasteiger partial charge in [-0.1, -0.05) is 28.1 Å². The van der Waals surface area contributed by atoms with Crippen molar-refractivity contribution >= 4 is 45.2 Å². The number of amides is 2. The lowest BCUT2D eigenvalue weighted by atomic mass is 10.1. The second-order valence-corrected chi connectivity index (χ2v) is 7.85. The number of rotatable bonds is 6. The normalized spacial score (nSPS) is 10.6. The van der Waals surface area contributed by atoms with Gasteiger partial charge in [-0.3, -0.25) is 9.59 Å². The molecule has 0 unspecified atom stereocenters. The van der Waals surface area contributed by atoms with Crippen LogP contribution in [0.15, 0.2) is 51.8 Å². The highest BCUT2D eigenvalue weighted by Crippen LogP contribution is 2.25. The van der Waals surface area contributed by atoms with Crippen molar-refractivity contribution < 1.29 is 9.59 Å². The maximum absolute atomic E-state index is 12.3. The van der Waals surface area contributed by atoms with Gasteiger partial charge >= 0.3 is 0 Å². The van der Waals surface area contributed by atoms with Gasteiger partial charge in [0, 0.05) is 15.4 Å². The number of carbonyl (C=O) groups excluding carboxylic acids is 2. The summed E-state index contributed by atoms with van der Waals surface area (Å²) in [7, 11) is 0. The molecule has 0 aliphatic rings. The maximum Gasteiger partial charge on any atom is 0.253 e. The van der Waals surface area contributed by atoms with Gasteiger partial charge in [0.2, 0.25) is 5.91 Å². The fraction of sp³-hybridized carbons (Fsp3) is 0.263. The van der Waals surface area contributed by atoms with Crippen LogP contribution in [0.1, 0.15) is 29.8 Å². The van der Waals surface area contributed by atoms with Gasteiger partial charge in [-0.05, 0) is 56.7 Å². The van der Waals surface area contributed by atoms with E-state index in [0.29, 0.717) is 11.3 Å². The van der Waals surface area contributed by atoms with Gasteiger partial charge in [0.1, 0.15) is 0 Å².